The Balaban J connectivity index is 2.25. The van der Waals surface area contributed by atoms with Crippen LogP contribution in [0.3, 0.4) is 0 Å². The minimum atomic E-state index is 0.773. The third-order valence-corrected chi connectivity index (χ3v) is 3.02. The van der Waals surface area contributed by atoms with Crippen molar-refractivity contribution >= 4 is 33.3 Å². The van der Waals surface area contributed by atoms with Crippen LogP contribution in [0.4, 0.5) is 17.3 Å². The highest BCUT2D eigenvalue weighted by atomic mass is 79.9. The highest BCUT2D eigenvalue weighted by Gasteiger charge is 2.05. The van der Waals surface area contributed by atoms with Gasteiger partial charge in [-0.25, -0.2) is 4.98 Å². The largest absolute Gasteiger partial charge is 0.495 e. The van der Waals surface area contributed by atoms with Crippen LogP contribution in [0, 0.1) is 0 Å². The van der Waals surface area contributed by atoms with Gasteiger partial charge in [0, 0.05) is 11.0 Å². The second kappa shape index (κ2) is 6.43. The molecule has 0 saturated carbocycles. The summed E-state index contributed by atoms with van der Waals surface area (Å²) in [4.78, 5) is 4.47. The van der Waals surface area contributed by atoms with Gasteiger partial charge in [0.25, 0.3) is 0 Å². The van der Waals surface area contributed by atoms with Gasteiger partial charge in [0.05, 0.1) is 12.8 Å². The molecule has 2 rings (SSSR count). The maximum absolute atomic E-state index is 5.32. The van der Waals surface area contributed by atoms with Crippen molar-refractivity contribution in [3.8, 4) is 5.75 Å². The molecule has 0 bridgehead atoms. The molecule has 0 saturated heterocycles. The lowest BCUT2D eigenvalue weighted by Gasteiger charge is -2.12. The van der Waals surface area contributed by atoms with Gasteiger partial charge < -0.3 is 15.4 Å². The summed E-state index contributed by atoms with van der Waals surface area (Å²) in [5, 5.41) is 6.44. The van der Waals surface area contributed by atoms with Gasteiger partial charge in [-0.2, -0.15) is 0 Å². The van der Waals surface area contributed by atoms with Crippen molar-refractivity contribution in [3.63, 3.8) is 0 Å². The van der Waals surface area contributed by atoms with E-state index in [-0.39, 0.29) is 0 Å². The van der Waals surface area contributed by atoms with Gasteiger partial charge in [-0.3, -0.25) is 0 Å². The van der Waals surface area contributed by atoms with Gasteiger partial charge >= 0.3 is 0 Å². The maximum Gasteiger partial charge on any atom is 0.142 e. The number of benzene rings is 1. The minimum absolute atomic E-state index is 0.773. The average molecular weight is 322 g/mol. The van der Waals surface area contributed by atoms with Gasteiger partial charge in [0.15, 0.2) is 0 Å². The normalized spacial score (nSPS) is 10.1. The summed E-state index contributed by atoms with van der Waals surface area (Å²) in [7, 11) is 1.65. The van der Waals surface area contributed by atoms with E-state index in [4.69, 9.17) is 4.74 Å². The Bertz CT molecular complexity index is 560. The van der Waals surface area contributed by atoms with Crippen LogP contribution in [0.15, 0.2) is 40.9 Å². The lowest BCUT2D eigenvalue weighted by molar-refractivity contribution is 0.416. The van der Waals surface area contributed by atoms with Gasteiger partial charge in [-0.1, -0.05) is 22.0 Å². The number of ether oxygens (including phenoxy) is 1. The topological polar surface area (TPSA) is 46.2 Å². The Morgan fingerprint density at radius 1 is 1.21 bits per heavy atom. The highest BCUT2D eigenvalue weighted by molar-refractivity contribution is 9.10. The molecule has 0 unspecified atom stereocenters. The number of methoxy groups -OCH3 is 1. The monoisotopic (exact) mass is 321 g/mol. The first-order chi connectivity index (χ1) is 9.22. The molecule has 0 spiro atoms. The van der Waals surface area contributed by atoms with Gasteiger partial charge in [-0.05, 0) is 37.3 Å². The van der Waals surface area contributed by atoms with E-state index >= 15 is 0 Å². The quantitative estimate of drug-likeness (QED) is 0.872. The Kier molecular flexibility index (Phi) is 4.63. The first-order valence-electron chi connectivity index (χ1n) is 6.04. The van der Waals surface area contributed by atoms with Crippen LogP contribution < -0.4 is 15.4 Å². The van der Waals surface area contributed by atoms with Crippen LogP contribution in [-0.2, 0) is 0 Å². The van der Waals surface area contributed by atoms with Crippen LogP contribution in [-0.4, -0.2) is 18.6 Å². The van der Waals surface area contributed by atoms with Gasteiger partial charge in [0.2, 0.25) is 0 Å². The number of aromatic nitrogens is 1. The predicted molar refractivity (Wildman–Crippen MR) is 82.4 cm³/mol. The zero-order chi connectivity index (χ0) is 13.7. The average Bonchev–Trinajstić information content (AvgIpc) is 2.40. The molecule has 5 heteroatoms. The molecule has 0 atom stereocenters. The van der Waals surface area contributed by atoms with Crippen molar-refractivity contribution in [3.05, 3.63) is 40.9 Å². The number of halogens is 1. The SMILES string of the molecule is CCNc1cccc(Nc2cc(Br)ccc2OC)n1. The first-order valence-corrected chi connectivity index (χ1v) is 6.83. The van der Waals surface area contributed by atoms with Crippen molar-refractivity contribution in [1.82, 2.24) is 4.98 Å². The van der Waals surface area contributed by atoms with Crippen molar-refractivity contribution in [2.45, 2.75) is 6.92 Å². The zero-order valence-electron chi connectivity index (χ0n) is 10.9. The molecule has 0 aliphatic rings. The summed E-state index contributed by atoms with van der Waals surface area (Å²) in [6, 6.07) is 11.6. The molecule has 2 N–H and O–H groups in total. The number of nitrogens with zero attached hydrogens (tertiary/aromatic N) is 1. The molecule has 1 heterocycles. The van der Waals surface area contributed by atoms with E-state index in [0.29, 0.717) is 0 Å². The van der Waals surface area contributed by atoms with Crippen LogP contribution in [0.2, 0.25) is 0 Å². The highest BCUT2D eigenvalue weighted by Crippen LogP contribution is 2.30. The third-order valence-electron chi connectivity index (χ3n) is 2.53. The summed E-state index contributed by atoms with van der Waals surface area (Å²) >= 11 is 3.45. The standard InChI is InChI=1S/C14H16BrN3O/c1-3-16-13-5-4-6-14(18-13)17-11-9-10(15)7-8-12(11)19-2/h4-9H,3H2,1-2H3,(H2,16,17,18). The van der Waals surface area contributed by atoms with Gasteiger partial charge in [0.1, 0.15) is 17.4 Å². The number of rotatable bonds is 5. The molecule has 2 aromatic rings. The molecule has 1 aromatic heterocycles. The molecule has 0 aliphatic heterocycles. The number of pyridine rings is 1. The molecule has 0 radical (unpaired) electrons. The molecule has 0 aliphatic carbocycles. The summed E-state index contributed by atoms with van der Waals surface area (Å²) in [5.41, 5.74) is 0.873. The van der Waals surface area contributed by atoms with Gasteiger partial charge in [-0.15, -0.1) is 0 Å². The van der Waals surface area contributed by atoms with Crippen LogP contribution in [0.1, 0.15) is 6.92 Å². The van der Waals surface area contributed by atoms with E-state index < -0.39 is 0 Å². The minimum Gasteiger partial charge on any atom is -0.495 e. The van der Waals surface area contributed by atoms with E-state index in [2.05, 4.69) is 31.5 Å². The van der Waals surface area contributed by atoms with Crippen molar-refractivity contribution in [2.24, 2.45) is 0 Å². The molecular weight excluding hydrogens is 306 g/mol. The molecular formula is C14H16BrN3O. The smallest absolute Gasteiger partial charge is 0.142 e. The Morgan fingerprint density at radius 3 is 2.74 bits per heavy atom. The van der Waals surface area contributed by atoms with Crippen LogP contribution >= 0.6 is 15.9 Å². The summed E-state index contributed by atoms with van der Waals surface area (Å²) in [6.45, 7) is 2.88. The van der Waals surface area contributed by atoms with Crippen molar-refractivity contribution in [1.29, 1.82) is 0 Å². The van der Waals surface area contributed by atoms with Crippen molar-refractivity contribution in [2.75, 3.05) is 24.3 Å². The summed E-state index contributed by atoms with van der Waals surface area (Å²) < 4.78 is 6.31. The Labute approximate surface area is 121 Å². The van der Waals surface area contributed by atoms with E-state index in [1.807, 2.05) is 43.3 Å². The number of nitrogens with one attached hydrogen (secondary N) is 2. The van der Waals surface area contributed by atoms with E-state index in [1.165, 1.54) is 0 Å². The zero-order valence-corrected chi connectivity index (χ0v) is 12.5. The van der Waals surface area contributed by atoms with Crippen LogP contribution in [0.25, 0.3) is 0 Å². The number of hydrogen-bond donors (Lipinski definition) is 2. The third kappa shape index (κ3) is 3.61. The Morgan fingerprint density at radius 2 is 2.00 bits per heavy atom. The summed E-state index contributed by atoms with van der Waals surface area (Å²) in [5.74, 6) is 2.40. The fourth-order valence-corrected chi connectivity index (χ4v) is 2.06. The molecule has 0 amide bonds. The molecule has 100 valence electrons. The van der Waals surface area contributed by atoms with Crippen molar-refractivity contribution < 1.29 is 4.74 Å². The number of hydrogen-bond acceptors (Lipinski definition) is 4. The molecule has 1 aromatic carbocycles. The lowest BCUT2D eigenvalue weighted by Crippen LogP contribution is -2.02. The Hall–Kier alpha value is -1.75. The predicted octanol–water partition coefficient (Wildman–Crippen LogP) is 4.03. The fourth-order valence-electron chi connectivity index (χ4n) is 1.70. The molecule has 19 heavy (non-hydrogen) atoms. The maximum atomic E-state index is 5.32. The van der Waals surface area contributed by atoms with E-state index in [0.717, 1.165) is 34.1 Å². The van der Waals surface area contributed by atoms with E-state index in [9.17, 15) is 0 Å². The second-order valence-corrected chi connectivity index (χ2v) is 4.82. The first kappa shape index (κ1) is 13.7. The number of anilines is 3. The fraction of sp³-hybridized carbons (Fsp3) is 0.214. The molecule has 0 fully saturated rings. The van der Waals surface area contributed by atoms with E-state index in [1.54, 1.807) is 7.11 Å². The second-order valence-electron chi connectivity index (χ2n) is 3.91. The lowest BCUT2D eigenvalue weighted by atomic mass is 10.3. The molecule has 4 nitrogen and oxygen atoms in total. The summed E-state index contributed by atoms with van der Waals surface area (Å²) in [6.07, 6.45) is 0. The van der Waals surface area contributed by atoms with Crippen LogP contribution in [0.5, 0.6) is 5.75 Å².